The van der Waals surface area contributed by atoms with E-state index in [1.165, 1.54) is 29.5 Å². The quantitative estimate of drug-likeness (QED) is 0.339. The van der Waals surface area contributed by atoms with E-state index in [1.54, 1.807) is 19.9 Å². The SMILES string of the molecule is Cc1cc(OCCCS(C)(=O)=O)nc(C)c1-c1ccc(F)c(COc2ccc3c(c2)CC(C)C3)c1F. The van der Waals surface area contributed by atoms with Gasteiger partial charge in [-0.15, -0.1) is 0 Å². The second-order valence-corrected chi connectivity index (χ2v) is 11.9. The molecular formula is C28H31F2NO4S. The molecular weight excluding hydrogens is 484 g/mol. The molecule has 0 aliphatic heterocycles. The van der Waals surface area contributed by atoms with Crippen molar-refractivity contribution in [2.45, 2.75) is 46.6 Å². The number of nitrogens with zero attached hydrogens (tertiary/aromatic N) is 1. The van der Waals surface area contributed by atoms with Crippen LogP contribution in [0.4, 0.5) is 8.78 Å². The maximum Gasteiger partial charge on any atom is 0.213 e. The summed E-state index contributed by atoms with van der Waals surface area (Å²) in [6, 6.07) is 10.2. The molecule has 1 aromatic heterocycles. The van der Waals surface area contributed by atoms with E-state index in [-0.39, 0.29) is 30.1 Å². The highest BCUT2D eigenvalue weighted by molar-refractivity contribution is 7.90. The topological polar surface area (TPSA) is 65.5 Å². The summed E-state index contributed by atoms with van der Waals surface area (Å²) in [7, 11) is -3.06. The molecule has 4 rings (SSSR count). The fourth-order valence-electron chi connectivity index (χ4n) is 4.76. The minimum absolute atomic E-state index is 0.0270. The van der Waals surface area contributed by atoms with Gasteiger partial charge in [0.25, 0.3) is 0 Å². The fraction of sp³-hybridized carbons (Fsp3) is 0.393. The molecule has 36 heavy (non-hydrogen) atoms. The van der Waals surface area contributed by atoms with Crippen LogP contribution in [0.5, 0.6) is 11.6 Å². The monoisotopic (exact) mass is 515 g/mol. The van der Waals surface area contributed by atoms with Gasteiger partial charge in [0.2, 0.25) is 5.88 Å². The van der Waals surface area contributed by atoms with Gasteiger partial charge in [-0.2, -0.15) is 0 Å². The normalized spacial score (nSPS) is 15.1. The van der Waals surface area contributed by atoms with Crippen molar-refractivity contribution in [3.8, 4) is 22.8 Å². The summed E-state index contributed by atoms with van der Waals surface area (Å²) in [5, 5.41) is 0. The molecule has 0 fully saturated rings. The van der Waals surface area contributed by atoms with Crippen LogP contribution < -0.4 is 9.47 Å². The Kier molecular flexibility index (Phi) is 7.64. The van der Waals surface area contributed by atoms with Crippen LogP contribution in [0.3, 0.4) is 0 Å². The molecule has 0 saturated heterocycles. The van der Waals surface area contributed by atoms with E-state index in [0.717, 1.165) is 12.8 Å². The lowest BCUT2D eigenvalue weighted by atomic mass is 9.97. The maximum atomic E-state index is 15.6. The number of rotatable bonds is 9. The minimum atomic E-state index is -3.06. The molecule has 0 saturated carbocycles. The standard InChI is InChI=1S/C28H31F2NO4S/c1-17-12-20-6-7-22(15-21(20)13-17)35-16-24-25(29)9-8-23(28(24)30)27-18(2)14-26(31-19(27)3)34-10-5-11-36(4,32)33/h6-9,14-15,17H,5,10-13,16H2,1-4H3. The predicted octanol–water partition coefficient (Wildman–Crippen LogP) is 5.77. The number of ether oxygens (including phenoxy) is 2. The Hall–Kier alpha value is -3.00. The number of hydrogen-bond acceptors (Lipinski definition) is 5. The largest absolute Gasteiger partial charge is 0.489 e. The molecule has 0 bridgehead atoms. The highest BCUT2D eigenvalue weighted by Crippen LogP contribution is 2.34. The van der Waals surface area contributed by atoms with Crippen molar-refractivity contribution in [1.82, 2.24) is 4.98 Å². The van der Waals surface area contributed by atoms with E-state index >= 15 is 4.39 Å². The molecule has 1 unspecified atom stereocenters. The van der Waals surface area contributed by atoms with Crippen LogP contribution in [0.1, 0.15) is 41.3 Å². The average Bonchev–Trinajstić information content (AvgIpc) is 3.16. The van der Waals surface area contributed by atoms with Crippen molar-refractivity contribution in [2.75, 3.05) is 18.6 Å². The fourth-order valence-corrected chi connectivity index (χ4v) is 5.40. The summed E-state index contributed by atoms with van der Waals surface area (Å²) in [5.74, 6) is 0.197. The van der Waals surface area contributed by atoms with Gasteiger partial charge in [-0.05, 0) is 80.0 Å². The first-order chi connectivity index (χ1) is 17.0. The number of hydrogen-bond donors (Lipinski definition) is 0. The molecule has 3 aromatic rings. The second kappa shape index (κ2) is 10.5. The molecule has 1 atom stereocenters. The Labute approximate surface area is 211 Å². The van der Waals surface area contributed by atoms with Crippen LogP contribution in [0.2, 0.25) is 0 Å². The molecule has 0 radical (unpaired) electrons. The Morgan fingerprint density at radius 3 is 2.50 bits per heavy atom. The van der Waals surface area contributed by atoms with Gasteiger partial charge in [-0.3, -0.25) is 0 Å². The molecule has 192 valence electrons. The van der Waals surface area contributed by atoms with Gasteiger partial charge in [-0.1, -0.05) is 13.0 Å². The Bertz CT molecular complexity index is 1370. The molecule has 1 aliphatic carbocycles. The zero-order valence-electron chi connectivity index (χ0n) is 21.0. The van der Waals surface area contributed by atoms with Crippen LogP contribution in [0.15, 0.2) is 36.4 Å². The van der Waals surface area contributed by atoms with Gasteiger partial charge in [0.05, 0.1) is 17.9 Å². The first-order valence-electron chi connectivity index (χ1n) is 12.0. The third kappa shape index (κ3) is 6.03. The number of pyridine rings is 1. The lowest BCUT2D eigenvalue weighted by molar-refractivity contribution is 0.292. The zero-order valence-corrected chi connectivity index (χ0v) is 21.8. The van der Waals surface area contributed by atoms with Crippen molar-refractivity contribution in [3.63, 3.8) is 0 Å². The van der Waals surface area contributed by atoms with Crippen LogP contribution >= 0.6 is 0 Å². The smallest absolute Gasteiger partial charge is 0.213 e. The molecule has 0 amide bonds. The van der Waals surface area contributed by atoms with Crippen LogP contribution in [-0.2, 0) is 29.3 Å². The summed E-state index contributed by atoms with van der Waals surface area (Å²) in [6.07, 6.45) is 3.54. The Morgan fingerprint density at radius 2 is 1.78 bits per heavy atom. The van der Waals surface area contributed by atoms with Crippen molar-refractivity contribution >= 4 is 9.84 Å². The van der Waals surface area contributed by atoms with Crippen LogP contribution in [0.25, 0.3) is 11.1 Å². The number of sulfone groups is 1. The van der Waals surface area contributed by atoms with E-state index in [1.807, 2.05) is 18.2 Å². The van der Waals surface area contributed by atoms with Crippen molar-refractivity contribution in [2.24, 2.45) is 5.92 Å². The average molecular weight is 516 g/mol. The van der Waals surface area contributed by atoms with E-state index in [0.29, 0.717) is 40.8 Å². The number of halogens is 2. The van der Waals surface area contributed by atoms with E-state index in [4.69, 9.17) is 9.47 Å². The Morgan fingerprint density at radius 1 is 1.03 bits per heavy atom. The molecule has 8 heteroatoms. The van der Waals surface area contributed by atoms with Gasteiger partial charge in [0.15, 0.2) is 0 Å². The molecule has 1 heterocycles. The van der Waals surface area contributed by atoms with E-state index in [2.05, 4.69) is 11.9 Å². The van der Waals surface area contributed by atoms with E-state index < -0.39 is 21.5 Å². The van der Waals surface area contributed by atoms with Crippen molar-refractivity contribution in [1.29, 1.82) is 0 Å². The lowest BCUT2D eigenvalue weighted by Crippen LogP contribution is -2.09. The third-order valence-electron chi connectivity index (χ3n) is 6.44. The third-order valence-corrected chi connectivity index (χ3v) is 7.47. The van der Waals surface area contributed by atoms with Gasteiger partial charge in [-0.25, -0.2) is 22.2 Å². The lowest BCUT2D eigenvalue weighted by Gasteiger charge is -2.16. The number of benzene rings is 2. The molecule has 5 nitrogen and oxygen atoms in total. The molecule has 2 aromatic carbocycles. The van der Waals surface area contributed by atoms with Crippen molar-refractivity contribution < 1.29 is 26.7 Å². The van der Waals surface area contributed by atoms with Gasteiger partial charge in [0, 0.05) is 29.1 Å². The summed E-state index contributed by atoms with van der Waals surface area (Å²) in [5.41, 5.74) is 4.43. The Balaban J connectivity index is 1.52. The number of fused-ring (bicyclic) bond motifs is 1. The van der Waals surface area contributed by atoms with Crippen molar-refractivity contribution in [3.05, 3.63) is 76.0 Å². The molecule has 1 aliphatic rings. The number of aromatic nitrogens is 1. The van der Waals surface area contributed by atoms with Crippen LogP contribution in [-0.4, -0.2) is 32.0 Å². The summed E-state index contributed by atoms with van der Waals surface area (Å²) < 4.78 is 64.2. The first kappa shape index (κ1) is 26.1. The predicted molar refractivity (Wildman–Crippen MR) is 136 cm³/mol. The summed E-state index contributed by atoms with van der Waals surface area (Å²) in [6.45, 7) is 5.71. The van der Waals surface area contributed by atoms with Gasteiger partial charge in [0.1, 0.15) is 33.8 Å². The minimum Gasteiger partial charge on any atom is -0.489 e. The first-order valence-corrected chi connectivity index (χ1v) is 14.1. The maximum absolute atomic E-state index is 15.6. The van der Waals surface area contributed by atoms with Gasteiger partial charge < -0.3 is 9.47 Å². The summed E-state index contributed by atoms with van der Waals surface area (Å²) >= 11 is 0. The van der Waals surface area contributed by atoms with Gasteiger partial charge >= 0.3 is 0 Å². The second-order valence-electron chi connectivity index (χ2n) is 9.69. The number of aryl methyl sites for hydroxylation is 2. The van der Waals surface area contributed by atoms with E-state index in [9.17, 15) is 12.8 Å². The highest BCUT2D eigenvalue weighted by atomic mass is 32.2. The molecule has 0 spiro atoms. The summed E-state index contributed by atoms with van der Waals surface area (Å²) in [4.78, 5) is 4.41. The van der Waals surface area contributed by atoms with Crippen LogP contribution in [0, 0.1) is 31.4 Å². The highest BCUT2D eigenvalue weighted by Gasteiger charge is 2.21. The molecule has 0 N–H and O–H groups in total. The zero-order chi connectivity index (χ0) is 26.0.